The molecule has 2 aliphatic rings. The number of carbonyl (C=O) groups excluding carboxylic acids is 1. The number of aromatic nitrogens is 3. The van der Waals surface area contributed by atoms with Crippen LogP contribution in [-0.2, 0) is 24.3 Å². The van der Waals surface area contributed by atoms with Crippen molar-refractivity contribution in [3.05, 3.63) is 47.2 Å². The lowest BCUT2D eigenvalue weighted by molar-refractivity contribution is -0.130. The van der Waals surface area contributed by atoms with E-state index in [1.54, 1.807) is 6.92 Å². The topological polar surface area (TPSA) is 65.5 Å². The van der Waals surface area contributed by atoms with Crippen LogP contribution in [0.3, 0.4) is 0 Å². The molecule has 2 aliphatic heterocycles. The van der Waals surface area contributed by atoms with Gasteiger partial charge >= 0.3 is 0 Å². The summed E-state index contributed by atoms with van der Waals surface area (Å²) in [5.41, 5.74) is 3.63. The van der Waals surface area contributed by atoms with Gasteiger partial charge in [0.15, 0.2) is 0 Å². The summed E-state index contributed by atoms with van der Waals surface area (Å²) in [6.45, 7) is 5.97. The van der Waals surface area contributed by atoms with Crippen LogP contribution in [0.1, 0.15) is 48.3 Å². The van der Waals surface area contributed by atoms with E-state index in [4.69, 9.17) is 9.97 Å². The number of hydrogen-bond acceptors (Lipinski definition) is 6. The number of anilines is 1. The first-order chi connectivity index (χ1) is 14.0. The molecule has 154 valence electrons. The molecule has 0 N–H and O–H groups in total. The van der Waals surface area contributed by atoms with Gasteiger partial charge in [0.2, 0.25) is 5.91 Å². The van der Waals surface area contributed by atoms with Crippen LogP contribution in [0.2, 0.25) is 0 Å². The van der Waals surface area contributed by atoms with Crippen LogP contribution in [0, 0.1) is 0 Å². The molecule has 0 unspecified atom stereocenters. The second-order valence-electron chi connectivity index (χ2n) is 8.35. The highest BCUT2D eigenvalue weighted by Crippen LogP contribution is 2.27. The fourth-order valence-electron chi connectivity index (χ4n) is 4.39. The molecule has 4 heterocycles. The van der Waals surface area contributed by atoms with Crippen LogP contribution < -0.4 is 4.90 Å². The maximum atomic E-state index is 11.7. The Hall–Kier alpha value is -2.54. The summed E-state index contributed by atoms with van der Waals surface area (Å²) in [4.78, 5) is 32.3. The molecule has 1 atom stereocenters. The molecule has 1 saturated heterocycles. The van der Waals surface area contributed by atoms with E-state index in [2.05, 4.69) is 20.9 Å². The Bertz CT molecular complexity index is 883. The second kappa shape index (κ2) is 8.45. The van der Waals surface area contributed by atoms with Crippen molar-refractivity contribution >= 4 is 11.7 Å². The van der Waals surface area contributed by atoms with Crippen LogP contribution in [0.15, 0.2) is 24.5 Å². The first-order valence-corrected chi connectivity index (χ1v) is 10.4. The number of fused-ring (bicyclic) bond motifs is 1. The molecule has 0 aromatic carbocycles. The molecule has 1 fully saturated rings. The first kappa shape index (κ1) is 19.8. The van der Waals surface area contributed by atoms with Crippen molar-refractivity contribution in [1.82, 2.24) is 24.8 Å². The largest absolute Gasteiger partial charge is 0.362 e. The summed E-state index contributed by atoms with van der Waals surface area (Å²) in [5, 5.41) is 0. The van der Waals surface area contributed by atoms with Gasteiger partial charge < -0.3 is 9.80 Å². The first-order valence-electron chi connectivity index (χ1n) is 10.4. The van der Waals surface area contributed by atoms with Crippen LogP contribution in [0.25, 0.3) is 0 Å². The van der Waals surface area contributed by atoms with E-state index in [0.29, 0.717) is 0 Å². The fraction of sp³-hybridized carbons (Fsp3) is 0.545. The molecule has 0 aliphatic carbocycles. The van der Waals surface area contributed by atoms with Gasteiger partial charge in [0.25, 0.3) is 0 Å². The Morgan fingerprint density at radius 1 is 1.28 bits per heavy atom. The highest BCUT2D eigenvalue weighted by molar-refractivity contribution is 5.73. The zero-order chi connectivity index (χ0) is 20.4. The summed E-state index contributed by atoms with van der Waals surface area (Å²) in [5.74, 6) is 2.34. The number of amides is 1. The number of hydrogen-bond donors (Lipinski definition) is 0. The molecule has 4 rings (SSSR count). The lowest BCUT2D eigenvalue weighted by Crippen LogP contribution is -2.38. The van der Waals surface area contributed by atoms with Gasteiger partial charge in [0.1, 0.15) is 11.6 Å². The quantitative estimate of drug-likeness (QED) is 0.792. The number of nitrogens with zero attached hydrogens (tertiary/aromatic N) is 6. The Morgan fingerprint density at radius 2 is 2.14 bits per heavy atom. The van der Waals surface area contributed by atoms with Crippen LogP contribution in [0.4, 0.5) is 5.82 Å². The molecule has 0 saturated carbocycles. The van der Waals surface area contributed by atoms with E-state index in [0.717, 1.165) is 63.6 Å². The summed E-state index contributed by atoms with van der Waals surface area (Å²) < 4.78 is 0. The summed E-state index contributed by atoms with van der Waals surface area (Å²) in [6, 6.07) is 4.16. The molecule has 0 radical (unpaired) electrons. The summed E-state index contributed by atoms with van der Waals surface area (Å²) in [6.07, 6.45) is 6.87. The maximum Gasteiger partial charge on any atom is 0.219 e. The predicted octanol–water partition coefficient (Wildman–Crippen LogP) is 2.22. The third kappa shape index (κ3) is 4.40. The van der Waals surface area contributed by atoms with Gasteiger partial charge in [-0.2, -0.15) is 0 Å². The predicted molar refractivity (Wildman–Crippen MR) is 113 cm³/mol. The van der Waals surface area contributed by atoms with E-state index in [9.17, 15) is 4.79 Å². The second-order valence-corrected chi connectivity index (χ2v) is 8.35. The van der Waals surface area contributed by atoms with E-state index in [1.165, 1.54) is 16.8 Å². The van der Waals surface area contributed by atoms with Gasteiger partial charge in [0, 0.05) is 95.3 Å². The molecular formula is C22H30N6O. The third-order valence-electron chi connectivity index (χ3n) is 5.95. The van der Waals surface area contributed by atoms with Crippen molar-refractivity contribution in [3.63, 3.8) is 0 Å². The molecular weight excluding hydrogens is 364 g/mol. The molecule has 0 spiro atoms. The lowest BCUT2D eigenvalue weighted by atomic mass is 9.96. The standard InChI is InChI=1S/C22H30N6O/c1-16(29)28-10-5-7-17(15-28)21-24-12-19-14-27(11-8-20(19)25-21)13-18-6-4-9-23-22(18)26(2)3/h4,6,9,12,17H,5,7-8,10-11,13-15H2,1-3H3/t17-/m0/s1. The average Bonchev–Trinajstić information content (AvgIpc) is 2.73. The smallest absolute Gasteiger partial charge is 0.219 e. The number of rotatable bonds is 4. The average molecular weight is 395 g/mol. The van der Waals surface area contributed by atoms with Crippen molar-refractivity contribution in [2.24, 2.45) is 0 Å². The van der Waals surface area contributed by atoms with E-state index in [-0.39, 0.29) is 11.8 Å². The Balaban J connectivity index is 1.45. The highest BCUT2D eigenvalue weighted by atomic mass is 16.2. The van der Waals surface area contributed by atoms with E-state index < -0.39 is 0 Å². The van der Waals surface area contributed by atoms with Gasteiger partial charge in [-0.25, -0.2) is 15.0 Å². The van der Waals surface area contributed by atoms with Gasteiger partial charge in [0.05, 0.1) is 0 Å². The van der Waals surface area contributed by atoms with Crippen molar-refractivity contribution in [3.8, 4) is 0 Å². The van der Waals surface area contributed by atoms with E-state index in [1.807, 2.05) is 37.5 Å². The van der Waals surface area contributed by atoms with Gasteiger partial charge in [-0.1, -0.05) is 6.07 Å². The molecule has 2 aromatic heterocycles. The maximum absolute atomic E-state index is 11.7. The number of carbonyl (C=O) groups is 1. The summed E-state index contributed by atoms with van der Waals surface area (Å²) in [7, 11) is 4.07. The lowest BCUT2D eigenvalue weighted by Gasteiger charge is -2.32. The minimum atomic E-state index is 0.149. The fourth-order valence-corrected chi connectivity index (χ4v) is 4.39. The van der Waals surface area contributed by atoms with Gasteiger partial charge in [-0.15, -0.1) is 0 Å². The SMILES string of the molecule is CC(=O)N1CCC[C@H](c2ncc3c(n2)CCN(Cc2cccnc2N(C)C)C3)C1. The minimum absolute atomic E-state index is 0.149. The van der Waals surface area contributed by atoms with Crippen molar-refractivity contribution in [2.45, 2.75) is 45.2 Å². The third-order valence-corrected chi connectivity index (χ3v) is 5.95. The minimum Gasteiger partial charge on any atom is -0.362 e. The zero-order valence-electron chi connectivity index (χ0n) is 17.6. The Kier molecular flexibility index (Phi) is 5.76. The molecule has 0 bridgehead atoms. The highest BCUT2D eigenvalue weighted by Gasteiger charge is 2.27. The van der Waals surface area contributed by atoms with E-state index >= 15 is 0 Å². The van der Waals surface area contributed by atoms with Crippen molar-refractivity contribution in [1.29, 1.82) is 0 Å². The number of likely N-dealkylation sites (tertiary alicyclic amines) is 1. The van der Waals surface area contributed by atoms with Crippen molar-refractivity contribution in [2.75, 3.05) is 38.6 Å². The Morgan fingerprint density at radius 3 is 2.93 bits per heavy atom. The molecule has 7 nitrogen and oxygen atoms in total. The van der Waals surface area contributed by atoms with Crippen LogP contribution in [-0.4, -0.2) is 64.4 Å². The molecule has 7 heteroatoms. The van der Waals surface area contributed by atoms with Crippen LogP contribution >= 0.6 is 0 Å². The van der Waals surface area contributed by atoms with Gasteiger partial charge in [-0.3, -0.25) is 9.69 Å². The normalized spacial score (nSPS) is 19.7. The van der Waals surface area contributed by atoms with Crippen LogP contribution in [0.5, 0.6) is 0 Å². The number of pyridine rings is 1. The monoisotopic (exact) mass is 394 g/mol. The molecule has 1 amide bonds. The molecule has 29 heavy (non-hydrogen) atoms. The Labute approximate surface area is 172 Å². The number of piperidine rings is 1. The molecule has 2 aromatic rings. The zero-order valence-corrected chi connectivity index (χ0v) is 17.6. The summed E-state index contributed by atoms with van der Waals surface area (Å²) >= 11 is 0. The van der Waals surface area contributed by atoms with Gasteiger partial charge in [-0.05, 0) is 18.9 Å². The van der Waals surface area contributed by atoms with Crippen molar-refractivity contribution < 1.29 is 4.79 Å².